The SMILES string of the molecule is O=C(O)c1ccccc1CNCc1ccncn1. The lowest BCUT2D eigenvalue weighted by atomic mass is 10.1. The molecule has 0 radical (unpaired) electrons. The molecule has 0 aliphatic carbocycles. The Hall–Kier alpha value is -2.27. The van der Waals surface area contributed by atoms with Gasteiger partial charge in [-0.25, -0.2) is 14.8 Å². The van der Waals surface area contributed by atoms with Gasteiger partial charge in [0.1, 0.15) is 6.33 Å². The van der Waals surface area contributed by atoms with Gasteiger partial charge in [0.05, 0.1) is 11.3 Å². The Labute approximate surface area is 105 Å². The van der Waals surface area contributed by atoms with Gasteiger partial charge in [-0.3, -0.25) is 0 Å². The minimum Gasteiger partial charge on any atom is -0.478 e. The number of benzene rings is 1. The smallest absolute Gasteiger partial charge is 0.336 e. The summed E-state index contributed by atoms with van der Waals surface area (Å²) < 4.78 is 0. The Bertz CT molecular complexity index is 529. The van der Waals surface area contributed by atoms with E-state index < -0.39 is 5.97 Å². The second kappa shape index (κ2) is 5.88. The number of nitrogens with one attached hydrogen (secondary N) is 1. The third kappa shape index (κ3) is 3.11. The second-order valence-corrected chi connectivity index (χ2v) is 3.77. The van der Waals surface area contributed by atoms with E-state index in [1.165, 1.54) is 6.33 Å². The molecule has 0 spiro atoms. The highest BCUT2D eigenvalue weighted by atomic mass is 16.4. The Balaban J connectivity index is 1.97. The van der Waals surface area contributed by atoms with E-state index in [-0.39, 0.29) is 0 Å². The van der Waals surface area contributed by atoms with Crippen LogP contribution in [0, 0.1) is 0 Å². The molecule has 0 aliphatic heterocycles. The van der Waals surface area contributed by atoms with Crippen LogP contribution in [-0.2, 0) is 13.1 Å². The molecule has 18 heavy (non-hydrogen) atoms. The summed E-state index contributed by atoms with van der Waals surface area (Å²) in [4.78, 5) is 18.9. The summed E-state index contributed by atoms with van der Waals surface area (Å²) in [5, 5.41) is 12.2. The predicted molar refractivity (Wildman–Crippen MR) is 66.0 cm³/mol. The molecule has 5 nitrogen and oxygen atoms in total. The molecule has 2 rings (SSSR count). The van der Waals surface area contributed by atoms with Crippen molar-refractivity contribution in [1.29, 1.82) is 0 Å². The highest BCUT2D eigenvalue weighted by Gasteiger charge is 2.07. The zero-order valence-corrected chi connectivity index (χ0v) is 9.71. The van der Waals surface area contributed by atoms with Gasteiger partial charge in [-0.1, -0.05) is 18.2 Å². The summed E-state index contributed by atoms with van der Waals surface area (Å²) in [6.45, 7) is 1.07. The summed E-state index contributed by atoms with van der Waals surface area (Å²) in [5.74, 6) is -0.908. The Morgan fingerprint density at radius 2 is 2.06 bits per heavy atom. The number of aromatic nitrogens is 2. The summed E-state index contributed by atoms with van der Waals surface area (Å²) in [5.41, 5.74) is 1.96. The zero-order valence-electron chi connectivity index (χ0n) is 9.71. The molecule has 0 saturated heterocycles. The number of nitrogens with zero attached hydrogens (tertiary/aromatic N) is 2. The number of hydrogen-bond acceptors (Lipinski definition) is 4. The molecule has 2 N–H and O–H groups in total. The van der Waals surface area contributed by atoms with Crippen LogP contribution in [0.2, 0.25) is 0 Å². The van der Waals surface area contributed by atoms with E-state index in [1.54, 1.807) is 24.4 Å². The molecule has 2 aromatic rings. The first kappa shape index (κ1) is 12.2. The number of carboxylic acids is 1. The third-order valence-corrected chi connectivity index (χ3v) is 2.51. The maximum Gasteiger partial charge on any atom is 0.336 e. The van der Waals surface area contributed by atoms with Crippen molar-refractivity contribution in [3.05, 3.63) is 59.7 Å². The fourth-order valence-corrected chi connectivity index (χ4v) is 1.63. The minimum absolute atomic E-state index is 0.327. The molecule has 0 amide bonds. The molecular formula is C13H13N3O2. The molecule has 92 valence electrons. The maximum absolute atomic E-state index is 11.0. The highest BCUT2D eigenvalue weighted by molar-refractivity contribution is 5.89. The van der Waals surface area contributed by atoms with Crippen molar-refractivity contribution in [2.24, 2.45) is 0 Å². The lowest BCUT2D eigenvalue weighted by Gasteiger charge is -2.07. The van der Waals surface area contributed by atoms with Crippen LogP contribution < -0.4 is 5.32 Å². The molecule has 0 atom stereocenters. The van der Waals surface area contributed by atoms with E-state index in [9.17, 15) is 4.79 Å². The average Bonchev–Trinajstić information content (AvgIpc) is 2.40. The minimum atomic E-state index is -0.908. The van der Waals surface area contributed by atoms with Crippen LogP contribution in [0.1, 0.15) is 21.6 Å². The maximum atomic E-state index is 11.0. The van der Waals surface area contributed by atoms with Gasteiger partial charge in [-0.15, -0.1) is 0 Å². The van der Waals surface area contributed by atoms with Crippen molar-refractivity contribution >= 4 is 5.97 Å². The Morgan fingerprint density at radius 3 is 2.78 bits per heavy atom. The number of aromatic carboxylic acids is 1. The lowest BCUT2D eigenvalue weighted by molar-refractivity contribution is 0.0695. The first-order chi connectivity index (χ1) is 8.77. The molecule has 5 heteroatoms. The summed E-state index contributed by atoms with van der Waals surface area (Å²) in [6, 6.07) is 8.77. The second-order valence-electron chi connectivity index (χ2n) is 3.77. The third-order valence-electron chi connectivity index (χ3n) is 2.51. The van der Waals surface area contributed by atoms with Crippen molar-refractivity contribution in [1.82, 2.24) is 15.3 Å². The topological polar surface area (TPSA) is 75.1 Å². The highest BCUT2D eigenvalue weighted by Crippen LogP contribution is 2.08. The van der Waals surface area contributed by atoms with E-state index in [4.69, 9.17) is 5.11 Å². The number of hydrogen-bond donors (Lipinski definition) is 2. The normalized spacial score (nSPS) is 10.2. The summed E-state index contributed by atoms with van der Waals surface area (Å²) >= 11 is 0. The summed E-state index contributed by atoms with van der Waals surface area (Å²) in [6.07, 6.45) is 3.16. The Kier molecular flexibility index (Phi) is 3.98. The first-order valence-corrected chi connectivity index (χ1v) is 5.54. The van der Waals surface area contributed by atoms with E-state index >= 15 is 0 Å². The lowest BCUT2D eigenvalue weighted by Crippen LogP contribution is -2.16. The standard InChI is InChI=1S/C13H13N3O2/c17-13(18)12-4-2-1-3-10(12)7-15-8-11-5-6-14-9-16-11/h1-6,9,15H,7-8H2,(H,17,18). The van der Waals surface area contributed by atoms with Crippen molar-refractivity contribution in [3.8, 4) is 0 Å². The molecule has 1 aromatic heterocycles. The van der Waals surface area contributed by atoms with Crippen LogP contribution in [0.25, 0.3) is 0 Å². The van der Waals surface area contributed by atoms with Crippen LogP contribution >= 0.6 is 0 Å². The van der Waals surface area contributed by atoms with Crippen molar-refractivity contribution < 1.29 is 9.90 Å². The van der Waals surface area contributed by atoms with Gasteiger partial charge in [0.15, 0.2) is 0 Å². The first-order valence-electron chi connectivity index (χ1n) is 5.54. The van der Waals surface area contributed by atoms with E-state index in [2.05, 4.69) is 15.3 Å². The van der Waals surface area contributed by atoms with Crippen LogP contribution in [0.5, 0.6) is 0 Å². The zero-order chi connectivity index (χ0) is 12.8. The monoisotopic (exact) mass is 243 g/mol. The van der Waals surface area contributed by atoms with Crippen LogP contribution in [-0.4, -0.2) is 21.0 Å². The fraction of sp³-hybridized carbons (Fsp3) is 0.154. The van der Waals surface area contributed by atoms with Crippen LogP contribution in [0.3, 0.4) is 0 Å². The predicted octanol–water partition coefficient (Wildman–Crippen LogP) is 1.46. The number of rotatable bonds is 5. The molecule has 0 unspecified atom stereocenters. The Morgan fingerprint density at radius 1 is 1.22 bits per heavy atom. The number of carbonyl (C=O) groups is 1. The van der Waals surface area contributed by atoms with Gasteiger partial charge in [0.25, 0.3) is 0 Å². The quantitative estimate of drug-likeness (QED) is 0.831. The molecule has 0 saturated carbocycles. The van der Waals surface area contributed by atoms with Crippen molar-refractivity contribution in [3.63, 3.8) is 0 Å². The van der Waals surface area contributed by atoms with Crippen molar-refractivity contribution in [2.75, 3.05) is 0 Å². The van der Waals surface area contributed by atoms with Gasteiger partial charge in [0, 0.05) is 19.3 Å². The molecule has 1 aromatic carbocycles. The average molecular weight is 243 g/mol. The molecule has 0 aliphatic rings. The van der Waals surface area contributed by atoms with Crippen molar-refractivity contribution in [2.45, 2.75) is 13.1 Å². The molecule has 0 bridgehead atoms. The van der Waals surface area contributed by atoms with Crippen LogP contribution in [0.4, 0.5) is 0 Å². The van der Waals surface area contributed by atoms with Crippen LogP contribution in [0.15, 0.2) is 42.9 Å². The van der Waals surface area contributed by atoms with Gasteiger partial charge < -0.3 is 10.4 Å². The van der Waals surface area contributed by atoms with Gasteiger partial charge >= 0.3 is 5.97 Å². The van der Waals surface area contributed by atoms with Gasteiger partial charge in [0.2, 0.25) is 0 Å². The summed E-state index contributed by atoms with van der Waals surface area (Å²) in [7, 11) is 0. The fourth-order valence-electron chi connectivity index (χ4n) is 1.63. The van der Waals surface area contributed by atoms with E-state index in [1.807, 2.05) is 12.1 Å². The van der Waals surface area contributed by atoms with Gasteiger partial charge in [-0.2, -0.15) is 0 Å². The number of carboxylic acid groups (broad SMARTS) is 1. The van der Waals surface area contributed by atoms with E-state index in [0.717, 1.165) is 11.3 Å². The largest absolute Gasteiger partial charge is 0.478 e. The van der Waals surface area contributed by atoms with E-state index in [0.29, 0.717) is 18.7 Å². The van der Waals surface area contributed by atoms with Gasteiger partial charge in [-0.05, 0) is 17.7 Å². The molecular weight excluding hydrogens is 230 g/mol. The molecule has 1 heterocycles. The molecule has 0 fully saturated rings.